The van der Waals surface area contributed by atoms with Crippen LogP contribution in [0.3, 0.4) is 0 Å². The number of amides is 2. The predicted molar refractivity (Wildman–Crippen MR) is 151 cm³/mol. The Morgan fingerprint density at radius 3 is 2.26 bits per heavy atom. The summed E-state index contributed by atoms with van der Waals surface area (Å²) < 4.78 is 0. The number of hydrogen-bond donors (Lipinski definition) is 5. The highest BCUT2D eigenvalue weighted by Gasteiger charge is 2.27. The van der Waals surface area contributed by atoms with Crippen molar-refractivity contribution in [3.05, 3.63) is 83.1 Å². The van der Waals surface area contributed by atoms with Crippen LogP contribution in [-0.4, -0.2) is 35.2 Å². The van der Waals surface area contributed by atoms with Crippen LogP contribution in [0.15, 0.2) is 60.8 Å². The molecule has 0 saturated carbocycles. The second kappa shape index (κ2) is 15.2. The van der Waals surface area contributed by atoms with Crippen molar-refractivity contribution < 1.29 is 20.5 Å². The first-order chi connectivity index (χ1) is 16.2. The van der Waals surface area contributed by atoms with Crippen molar-refractivity contribution in [3.63, 3.8) is 0 Å². The first kappa shape index (κ1) is 29.3. The molecular weight excluding hydrogens is 425 g/mol. The van der Waals surface area contributed by atoms with Crippen LogP contribution in [0, 0.1) is 19.8 Å². The summed E-state index contributed by atoms with van der Waals surface area (Å²) >= 11 is 0. The highest BCUT2D eigenvalue weighted by atomic mass is 16.4. The van der Waals surface area contributed by atoms with E-state index in [1.807, 2.05) is 90.1 Å². The molecule has 2 aromatic rings. The number of aryl methyl sites for hydroxylation is 1. The zero-order chi connectivity index (χ0) is 25.7. The molecule has 0 unspecified atom stereocenters. The molecule has 5 N–H and O–H groups in total. The minimum atomic E-state index is -1.52. The van der Waals surface area contributed by atoms with E-state index in [1.165, 1.54) is 5.56 Å². The fourth-order valence-electron chi connectivity index (χ4n) is 3.60. The van der Waals surface area contributed by atoms with Crippen molar-refractivity contribution in [1.82, 2.24) is 16.0 Å². The smallest absolute Gasteiger partial charge is 0.426 e. The predicted octanol–water partition coefficient (Wildman–Crippen LogP) is 5.25. The molecule has 6 nitrogen and oxygen atoms in total. The molecule has 0 aliphatic carbocycles. The molecule has 7 heteroatoms. The van der Waals surface area contributed by atoms with Gasteiger partial charge in [-0.15, -0.1) is 0 Å². The van der Waals surface area contributed by atoms with Crippen LogP contribution in [0.1, 0.15) is 62.1 Å². The van der Waals surface area contributed by atoms with Crippen molar-refractivity contribution in [2.75, 3.05) is 0 Å². The van der Waals surface area contributed by atoms with Crippen LogP contribution in [0.25, 0.3) is 0 Å². The van der Waals surface area contributed by atoms with E-state index >= 15 is 0 Å². The van der Waals surface area contributed by atoms with Gasteiger partial charge in [0.1, 0.15) is 0 Å². The number of urea groups is 1. The topological polar surface area (TPSA) is 93.6 Å². The summed E-state index contributed by atoms with van der Waals surface area (Å²) in [5.74, 6) is -0.302. The number of carbonyl (C=O) groups excluding carboxylic acids is 1. The summed E-state index contributed by atoms with van der Waals surface area (Å²) in [7, 11) is -1.52. The molecule has 194 valence electrons. The SMILES string of the molecule is C=C(N[C@@H](CC(C)C)B(O)O)[C@H](Cc1ccccc1)NC(=O)NCc1cccc(C)c1C.CC.[HH].[HH].[HH].[HH]. The summed E-state index contributed by atoms with van der Waals surface area (Å²) in [5.41, 5.74) is 4.99. The van der Waals surface area contributed by atoms with Gasteiger partial charge in [-0.05, 0) is 54.9 Å². The van der Waals surface area contributed by atoms with E-state index in [0.29, 0.717) is 25.1 Å². The lowest BCUT2D eigenvalue weighted by atomic mass is 9.74. The van der Waals surface area contributed by atoms with E-state index in [-0.39, 0.29) is 17.7 Å². The van der Waals surface area contributed by atoms with Crippen LogP contribution in [-0.2, 0) is 13.0 Å². The lowest BCUT2D eigenvalue weighted by molar-refractivity contribution is 0.237. The molecule has 0 radical (unpaired) electrons. The van der Waals surface area contributed by atoms with E-state index in [0.717, 1.165) is 16.7 Å². The van der Waals surface area contributed by atoms with Gasteiger partial charge in [-0.3, -0.25) is 0 Å². The summed E-state index contributed by atoms with van der Waals surface area (Å²) in [4.78, 5) is 12.7. The van der Waals surface area contributed by atoms with Gasteiger partial charge in [-0.25, -0.2) is 4.79 Å². The average molecular weight is 476 g/mol. The van der Waals surface area contributed by atoms with E-state index in [2.05, 4.69) is 22.5 Å². The molecule has 0 aromatic heterocycles. The molecule has 2 aromatic carbocycles. The van der Waals surface area contributed by atoms with Gasteiger partial charge in [0.15, 0.2) is 0 Å². The maximum Gasteiger partial charge on any atom is 0.475 e. The van der Waals surface area contributed by atoms with Crippen molar-refractivity contribution in [3.8, 4) is 0 Å². The Hall–Kier alpha value is -2.77. The Balaban J connectivity index is -0.000000940. The van der Waals surface area contributed by atoms with Crippen molar-refractivity contribution in [1.29, 1.82) is 0 Å². The maximum absolute atomic E-state index is 12.7. The van der Waals surface area contributed by atoms with Crippen LogP contribution >= 0.6 is 0 Å². The number of carbonyl (C=O) groups is 1. The second-order valence-corrected chi connectivity index (χ2v) is 8.75. The van der Waals surface area contributed by atoms with Crippen molar-refractivity contribution >= 4 is 13.1 Å². The molecule has 0 bridgehead atoms. The number of benzene rings is 2. The summed E-state index contributed by atoms with van der Waals surface area (Å²) in [6, 6.07) is 15.1. The lowest BCUT2D eigenvalue weighted by Crippen LogP contribution is -2.51. The van der Waals surface area contributed by atoms with Crippen molar-refractivity contribution in [2.24, 2.45) is 5.92 Å². The molecule has 34 heavy (non-hydrogen) atoms. The van der Waals surface area contributed by atoms with Gasteiger partial charge < -0.3 is 26.0 Å². The lowest BCUT2D eigenvalue weighted by Gasteiger charge is -2.28. The van der Waals surface area contributed by atoms with Gasteiger partial charge in [-0.2, -0.15) is 0 Å². The van der Waals surface area contributed by atoms with E-state index in [9.17, 15) is 14.8 Å². The summed E-state index contributed by atoms with van der Waals surface area (Å²) in [6.45, 7) is 16.6. The molecular formula is C27H50BN3O3. The third kappa shape index (κ3) is 10.0. The van der Waals surface area contributed by atoms with Crippen LogP contribution in [0.2, 0.25) is 0 Å². The largest absolute Gasteiger partial charge is 0.475 e. The molecule has 0 spiro atoms. The monoisotopic (exact) mass is 475 g/mol. The Bertz CT molecular complexity index is 906. The van der Waals surface area contributed by atoms with Gasteiger partial charge in [-0.1, -0.05) is 82.8 Å². The van der Waals surface area contributed by atoms with Gasteiger partial charge in [0.25, 0.3) is 0 Å². The summed E-state index contributed by atoms with van der Waals surface area (Å²) in [5, 5.41) is 28.6. The fourth-order valence-corrected chi connectivity index (χ4v) is 3.60. The highest BCUT2D eigenvalue weighted by Crippen LogP contribution is 2.14. The fraction of sp³-hybridized carbons (Fsp3) is 0.444. The number of nitrogens with one attached hydrogen (secondary N) is 3. The standard InChI is InChI=1S/C25H36BN3O3.C2H6.4H2/c1-17(2)14-24(26(31)32)28-20(5)23(15-21-11-7-6-8-12-21)29-25(30)27-16-22-13-9-10-18(3)19(22)4;1-2;;;;/h6-13,17,23-24,28,31-32H,5,14-16H2,1-4H3,(H2,27,29,30);1-2H3;4*1H/t23-,24-;;;;;/m0...../s1. The summed E-state index contributed by atoms with van der Waals surface area (Å²) in [6.07, 6.45) is 1.09. The molecule has 2 amide bonds. The minimum absolute atomic E-state index is 0. The minimum Gasteiger partial charge on any atom is -0.426 e. The average Bonchev–Trinajstić information content (AvgIpc) is 2.80. The molecule has 0 aliphatic rings. The third-order valence-electron chi connectivity index (χ3n) is 5.62. The number of hydrogen-bond acceptors (Lipinski definition) is 4. The zero-order valence-electron chi connectivity index (χ0n) is 21.6. The van der Waals surface area contributed by atoms with Crippen molar-refractivity contribution in [2.45, 2.75) is 72.9 Å². The Labute approximate surface area is 212 Å². The highest BCUT2D eigenvalue weighted by molar-refractivity contribution is 6.43. The second-order valence-electron chi connectivity index (χ2n) is 8.75. The van der Waals surface area contributed by atoms with Gasteiger partial charge in [0.2, 0.25) is 0 Å². The van der Waals surface area contributed by atoms with Crippen LogP contribution in [0.5, 0.6) is 0 Å². The molecule has 0 fully saturated rings. The first-order valence-corrected chi connectivity index (χ1v) is 12.1. The maximum atomic E-state index is 12.7. The molecule has 0 heterocycles. The first-order valence-electron chi connectivity index (χ1n) is 12.1. The molecule has 2 atom stereocenters. The molecule has 0 saturated heterocycles. The molecule has 2 rings (SSSR count). The quantitative estimate of drug-likeness (QED) is 0.287. The molecule has 0 aliphatic heterocycles. The zero-order valence-corrected chi connectivity index (χ0v) is 21.6. The third-order valence-corrected chi connectivity index (χ3v) is 5.62. The Kier molecular flexibility index (Phi) is 13.1. The van der Waals surface area contributed by atoms with Crippen LogP contribution in [0.4, 0.5) is 4.79 Å². The van der Waals surface area contributed by atoms with Gasteiger partial charge in [0.05, 0.1) is 12.0 Å². The normalized spacial score (nSPS) is 12.1. The van der Waals surface area contributed by atoms with E-state index in [1.54, 1.807) is 0 Å². The Morgan fingerprint density at radius 2 is 1.68 bits per heavy atom. The Morgan fingerprint density at radius 1 is 1.03 bits per heavy atom. The van der Waals surface area contributed by atoms with Crippen LogP contribution < -0.4 is 16.0 Å². The van der Waals surface area contributed by atoms with E-state index in [4.69, 9.17) is 0 Å². The number of rotatable bonds is 11. The van der Waals surface area contributed by atoms with Gasteiger partial charge >= 0.3 is 13.1 Å². The van der Waals surface area contributed by atoms with E-state index < -0.39 is 19.1 Å². The van der Waals surface area contributed by atoms with Gasteiger partial charge in [0, 0.05) is 17.9 Å².